The third-order valence-electron chi connectivity index (χ3n) is 7.91. The third kappa shape index (κ3) is 5.73. The molecule has 3 aliphatic rings. The quantitative estimate of drug-likeness (QED) is 0.370. The van der Waals surface area contributed by atoms with Gasteiger partial charge in [-0.3, -0.25) is 9.80 Å². The smallest absolute Gasteiger partial charge is 0.415 e. The number of thioether (sulfide) groups is 1. The van der Waals surface area contributed by atoms with Crippen LogP contribution in [0.3, 0.4) is 0 Å². The van der Waals surface area contributed by atoms with E-state index < -0.39 is 34.4 Å². The van der Waals surface area contributed by atoms with Gasteiger partial charge in [0.05, 0.1) is 23.4 Å². The second kappa shape index (κ2) is 10.2. The fourth-order valence-electron chi connectivity index (χ4n) is 5.85. The first-order valence-corrected chi connectivity index (χ1v) is 14.9. The van der Waals surface area contributed by atoms with Gasteiger partial charge >= 0.3 is 12.2 Å². The number of likely N-dealkylation sites (tertiary alicyclic amines) is 1. The minimum atomic E-state index is -0.672. The summed E-state index contributed by atoms with van der Waals surface area (Å²) >= 11 is 1.68. The number of carbonyl (C=O) groups is 2. The molecule has 1 aromatic carbocycles. The van der Waals surface area contributed by atoms with Gasteiger partial charge in [0.2, 0.25) is 0 Å². The Labute approximate surface area is 237 Å². The molecule has 0 spiro atoms. The molecule has 0 bridgehead atoms. The van der Waals surface area contributed by atoms with Gasteiger partial charge < -0.3 is 14.2 Å². The van der Waals surface area contributed by atoms with Crippen molar-refractivity contribution in [3.63, 3.8) is 0 Å². The van der Waals surface area contributed by atoms with Crippen LogP contribution in [0, 0.1) is 0 Å². The van der Waals surface area contributed by atoms with Gasteiger partial charge in [-0.1, -0.05) is 25.2 Å². The Morgan fingerprint density at radius 2 is 1.67 bits per heavy atom. The van der Waals surface area contributed by atoms with Crippen LogP contribution in [0.5, 0.6) is 0 Å². The van der Waals surface area contributed by atoms with E-state index in [1.54, 1.807) is 23.8 Å². The molecule has 0 aromatic heterocycles. The van der Waals surface area contributed by atoms with Crippen LogP contribution < -0.4 is 4.90 Å². The second-order valence-electron chi connectivity index (χ2n) is 13.2. The first kappa shape index (κ1) is 29.5. The lowest BCUT2D eigenvalue weighted by molar-refractivity contribution is 0.00189. The van der Waals surface area contributed by atoms with Crippen LogP contribution in [0.15, 0.2) is 46.9 Å². The molecule has 2 amide bonds. The average molecular weight is 557 g/mol. The molecule has 39 heavy (non-hydrogen) atoms. The Bertz CT molecular complexity index is 1200. The molecule has 214 valence electrons. The van der Waals surface area contributed by atoms with Crippen molar-refractivity contribution in [1.29, 1.82) is 0 Å². The van der Waals surface area contributed by atoms with Crippen molar-refractivity contribution < 1.29 is 23.8 Å². The van der Waals surface area contributed by atoms with E-state index in [9.17, 15) is 9.59 Å². The van der Waals surface area contributed by atoms with Crippen molar-refractivity contribution in [3.05, 3.63) is 47.6 Å². The van der Waals surface area contributed by atoms with Crippen LogP contribution in [0.1, 0.15) is 73.8 Å². The fraction of sp³-hybridized carbons (Fsp3) is 0.613. The molecule has 4 unspecified atom stereocenters. The molecule has 1 saturated heterocycles. The number of fused-ring (bicyclic) bond motifs is 3. The number of anilines is 1. The zero-order valence-electron chi connectivity index (χ0n) is 25.1. The number of benzene rings is 1. The summed E-state index contributed by atoms with van der Waals surface area (Å²) in [5, 5.41) is 0. The van der Waals surface area contributed by atoms with Crippen molar-refractivity contribution in [3.8, 4) is 0 Å². The Balaban J connectivity index is 1.89. The first-order chi connectivity index (χ1) is 18.0. The molecule has 0 N–H and O–H groups in total. The van der Waals surface area contributed by atoms with Crippen LogP contribution >= 0.6 is 11.8 Å². The van der Waals surface area contributed by atoms with E-state index >= 15 is 0 Å². The van der Waals surface area contributed by atoms with Crippen molar-refractivity contribution in [1.82, 2.24) is 4.90 Å². The largest absolute Gasteiger partial charge is 0.444 e. The van der Waals surface area contributed by atoms with Crippen LogP contribution in [-0.4, -0.2) is 65.9 Å². The topological polar surface area (TPSA) is 68.3 Å². The zero-order valence-corrected chi connectivity index (χ0v) is 25.9. The standard InChI is InChI=1S/C31H44N2O5S/c1-28(2,3)37-26(34)32-18-17-31(8)22-19-21(39-10)11-12-23(22)33(27(35)38-29(4,5)6)25(31)24(32)20-13-15-30(7,36-9)16-14-20/h11-15,19,24-25H,16-18H2,1-10H3. The van der Waals surface area contributed by atoms with Crippen LogP contribution in [0.2, 0.25) is 0 Å². The molecule has 1 aliphatic carbocycles. The molecule has 0 saturated carbocycles. The number of carbonyl (C=O) groups excluding carboxylic acids is 2. The SMILES string of the molecule is COC1(C)C=CC(C2C3N(C(=O)OC(C)(C)C)c4ccc(SC)cc4C3(C)CCN2C(=O)OC(C)(C)C)=CC1. The van der Waals surface area contributed by atoms with Gasteiger partial charge in [0.15, 0.2) is 0 Å². The second-order valence-corrected chi connectivity index (χ2v) is 14.1. The predicted octanol–water partition coefficient (Wildman–Crippen LogP) is 7.09. The minimum absolute atomic E-state index is 0.381. The highest BCUT2D eigenvalue weighted by Gasteiger charge is 2.59. The van der Waals surface area contributed by atoms with Gasteiger partial charge in [-0.15, -0.1) is 11.8 Å². The van der Waals surface area contributed by atoms with Crippen molar-refractivity contribution in [2.45, 2.75) is 107 Å². The lowest BCUT2D eigenvalue weighted by Gasteiger charge is -2.51. The van der Waals surface area contributed by atoms with Crippen molar-refractivity contribution in [2.75, 3.05) is 24.8 Å². The Hall–Kier alpha value is -2.45. The number of piperidine rings is 1. The molecule has 4 rings (SSSR count). The Morgan fingerprint density at radius 1 is 1.03 bits per heavy atom. The van der Waals surface area contributed by atoms with Gasteiger partial charge in [-0.2, -0.15) is 0 Å². The molecular formula is C31H44N2O5S. The number of nitrogens with zero attached hydrogens (tertiary/aromatic N) is 2. The summed E-state index contributed by atoms with van der Waals surface area (Å²) in [6.45, 7) is 16.0. The maximum atomic E-state index is 14.0. The fourth-order valence-corrected chi connectivity index (χ4v) is 6.29. The Kier molecular flexibility index (Phi) is 7.71. The Morgan fingerprint density at radius 3 is 2.21 bits per heavy atom. The van der Waals surface area contributed by atoms with Gasteiger partial charge in [0, 0.05) is 24.0 Å². The van der Waals surface area contributed by atoms with Gasteiger partial charge in [0.1, 0.15) is 11.2 Å². The highest BCUT2D eigenvalue weighted by molar-refractivity contribution is 7.98. The van der Waals surface area contributed by atoms with E-state index in [-0.39, 0.29) is 12.1 Å². The number of ether oxygens (including phenoxy) is 3. The third-order valence-corrected chi connectivity index (χ3v) is 8.64. The summed E-state index contributed by atoms with van der Waals surface area (Å²) < 4.78 is 17.6. The van der Waals surface area contributed by atoms with E-state index in [0.717, 1.165) is 21.7 Å². The molecule has 0 radical (unpaired) electrons. The summed E-state index contributed by atoms with van der Waals surface area (Å²) in [5.74, 6) is 0. The normalized spacial score (nSPS) is 28.5. The summed E-state index contributed by atoms with van der Waals surface area (Å²) in [6.07, 6.45) is 8.85. The summed E-state index contributed by atoms with van der Waals surface area (Å²) in [6, 6.07) is 5.45. The number of rotatable bonds is 3. The monoisotopic (exact) mass is 556 g/mol. The zero-order chi connectivity index (χ0) is 29.0. The van der Waals surface area contributed by atoms with E-state index in [4.69, 9.17) is 14.2 Å². The summed E-state index contributed by atoms with van der Waals surface area (Å²) in [4.78, 5) is 32.4. The highest BCUT2D eigenvalue weighted by Crippen LogP contribution is 2.54. The van der Waals surface area contributed by atoms with E-state index in [2.05, 4.69) is 25.3 Å². The maximum absolute atomic E-state index is 14.0. The molecular weight excluding hydrogens is 512 g/mol. The van der Waals surface area contributed by atoms with Crippen LogP contribution in [0.4, 0.5) is 15.3 Å². The van der Waals surface area contributed by atoms with Gasteiger partial charge in [0.25, 0.3) is 0 Å². The molecule has 2 heterocycles. The van der Waals surface area contributed by atoms with Gasteiger partial charge in [-0.05, 0) is 96.9 Å². The van der Waals surface area contributed by atoms with Crippen molar-refractivity contribution in [2.24, 2.45) is 0 Å². The number of amides is 2. The van der Waals surface area contributed by atoms with E-state index in [0.29, 0.717) is 19.4 Å². The molecule has 8 heteroatoms. The summed E-state index contributed by atoms with van der Waals surface area (Å²) in [5.41, 5.74) is 0.776. The van der Waals surface area contributed by atoms with Gasteiger partial charge in [-0.25, -0.2) is 9.59 Å². The lowest BCUT2D eigenvalue weighted by atomic mass is 9.68. The first-order valence-electron chi connectivity index (χ1n) is 13.7. The lowest BCUT2D eigenvalue weighted by Crippen LogP contribution is -2.65. The van der Waals surface area contributed by atoms with Crippen molar-refractivity contribution >= 4 is 29.6 Å². The molecule has 2 aliphatic heterocycles. The molecule has 7 nitrogen and oxygen atoms in total. The maximum Gasteiger partial charge on any atom is 0.415 e. The molecule has 1 aromatic rings. The highest BCUT2D eigenvalue weighted by atomic mass is 32.2. The number of hydrogen-bond donors (Lipinski definition) is 0. The van der Waals surface area contributed by atoms with Crippen LogP contribution in [0.25, 0.3) is 0 Å². The van der Waals surface area contributed by atoms with E-state index in [1.165, 1.54) is 0 Å². The minimum Gasteiger partial charge on any atom is -0.444 e. The average Bonchev–Trinajstić information content (AvgIpc) is 3.10. The number of hydrogen-bond acceptors (Lipinski definition) is 6. The molecule has 4 atom stereocenters. The molecule has 1 fully saturated rings. The van der Waals surface area contributed by atoms with E-state index in [1.807, 2.05) is 77.7 Å². The van der Waals surface area contributed by atoms with Crippen LogP contribution in [-0.2, 0) is 19.6 Å². The predicted molar refractivity (Wildman–Crippen MR) is 157 cm³/mol. The summed E-state index contributed by atoms with van der Waals surface area (Å²) in [7, 11) is 1.70. The number of methoxy groups -OCH3 is 1.